The molecule has 0 radical (unpaired) electrons. The van der Waals surface area contributed by atoms with Gasteiger partial charge in [-0.05, 0) is 37.3 Å². The van der Waals surface area contributed by atoms with Gasteiger partial charge in [-0.2, -0.15) is 0 Å². The fraction of sp³-hybridized carbons (Fsp3) is 0.333. The van der Waals surface area contributed by atoms with E-state index < -0.39 is 0 Å². The van der Waals surface area contributed by atoms with Crippen molar-refractivity contribution in [3.05, 3.63) is 53.1 Å². The van der Waals surface area contributed by atoms with Gasteiger partial charge in [0.25, 0.3) is 0 Å². The molecule has 0 bridgehead atoms. The van der Waals surface area contributed by atoms with Crippen molar-refractivity contribution in [2.45, 2.75) is 19.9 Å². The van der Waals surface area contributed by atoms with Crippen LogP contribution in [0.3, 0.4) is 0 Å². The number of nitrogens with one attached hydrogen (secondary N) is 1. The van der Waals surface area contributed by atoms with Crippen molar-refractivity contribution in [2.24, 2.45) is 10.9 Å². The summed E-state index contributed by atoms with van der Waals surface area (Å²) in [6, 6.07) is 13.5. The van der Waals surface area contributed by atoms with Crippen LogP contribution in [0.25, 0.3) is 0 Å². The summed E-state index contributed by atoms with van der Waals surface area (Å²) < 4.78 is 6.12. The molecule has 0 aliphatic carbocycles. The molecule has 1 saturated heterocycles. The number of carbonyl (C=O) groups excluding carboxylic acids is 1. The monoisotopic (exact) mass is 383 g/mol. The molecule has 5 nitrogen and oxygen atoms in total. The van der Waals surface area contributed by atoms with Crippen molar-refractivity contribution in [1.82, 2.24) is 10.2 Å². The summed E-state index contributed by atoms with van der Waals surface area (Å²) in [4.78, 5) is 19.0. The maximum atomic E-state index is 11.9. The lowest BCUT2D eigenvalue weighted by molar-refractivity contribution is -0.121. The van der Waals surface area contributed by atoms with Crippen LogP contribution in [0.2, 0.25) is 5.02 Å². The topological polar surface area (TPSA) is 53.9 Å². The summed E-state index contributed by atoms with van der Waals surface area (Å²) in [6.07, 6.45) is 0. The zero-order valence-corrected chi connectivity index (χ0v) is 16.2. The number of halogens is 1. The average molecular weight is 384 g/mol. The number of ketones is 1. The smallest absolute Gasteiger partial charge is 0.153 e. The standard InChI is InChI=1S/C21H22ClN3O2/c1-13(14(2)26)18-12-25(10-9-23-18)21-16-5-3-4-6-19(16)27-20-8-7-15(22)11-17(20)24-21/h3-8,11,13,18,23H,9-10,12H2,1-2H3/t13-,18-/m1/s1. The summed E-state index contributed by atoms with van der Waals surface area (Å²) in [5.74, 6) is 2.46. The predicted octanol–water partition coefficient (Wildman–Crippen LogP) is 4.02. The minimum atomic E-state index is -0.0487. The molecule has 2 aromatic rings. The largest absolute Gasteiger partial charge is 0.454 e. The third-order valence-corrected chi connectivity index (χ3v) is 5.48. The number of Topliss-reactive ketones (excluding diaryl/α,β-unsaturated/α-hetero) is 1. The van der Waals surface area contributed by atoms with E-state index in [2.05, 4.69) is 10.2 Å². The van der Waals surface area contributed by atoms with Crippen LogP contribution in [0.15, 0.2) is 47.5 Å². The van der Waals surface area contributed by atoms with E-state index in [4.69, 9.17) is 21.3 Å². The number of amidine groups is 1. The third-order valence-electron chi connectivity index (χ3n) is 5.24. The van der Waals surface area contributed by atoms with Crippen molar-refractivity contribution in [3.63, 3.8) is 0 Å². The first kappa shape index (κ1) is 18.0. The fourth-order valence-electron chi connectivity index (χ4n) is 3.53. The van der Waals surface area contributed by atoms with Gasteiger partial charge in [0.15, 0.2) is 5.75 Å². The number of benzene rings is 2. The minimum absolute atomic E-state index is 0.0487. The van der Waals surface area contributed by atoms with Crippen molar-refractivity contribution < 1.29 is 9.53 Å². The van der Waals surface area contributed by atoms with Gasteiger partial charge in [-0.3, -0.25) is 4.79 Å². The summed E-state index contributed by atoms with van der Waals surface area (Å²) in [5.41, 5.74) is 1.66. The molecule has 140 valence electrons. The highest BCUT2D eigenvalue weighted by molar-refractivity contribution is 6.31. The minimum Gasteiger partial charge on any atom is -0.454 e. The number of fused-ring (bicyclic) bond motifs is 2. The van der Waals surface area contributed by atoms with E-state index >= 15 is 0 Å². The van der Waals surface area contributed by atoms with Gasteiger partial charge in [0.2, 0.25) is 0 Å². The lowest BCUT2D eigenvalue weighted by Gasteiger charge is -2.37. The first-order chi connectivity index (χ1) is 13.0. The summed E-state index contributed by atoms with van der Waals surface area (Å²) in [6.45, 7) is 5.95. The molecule has 2 aromatic carbocycles. The Kier molecular flexibility index (Phi) is 4.89. The Morgan fingerprint density at radius 1 is 1.30 bits per heavy atom. The van der Waals surface area contributed by atoms with Gasteiger partial charge in [-0.1, -0.05) is 30.7 Å². The molecule has 0 aromatic heterocycles. The lowest BCUT2D eigenvalue weighted by atomic mass is 9.95. The summed E-state index contributed by atoms with van der Waals surface area (Å²) in [5, 5.41) is 4.09. The zero-order chi connectivity index (χ0) is 19.0. The van der Waals surface area contributed by atoms with E-state index in [-0.39, 0.29) is 17.7 Å². The second-order valence-electron chi connectivity index (χ2n) is 7.05. The number of hydrogen-bond donors (Lipinski definition) is 1. The first-order valence-electron chi connectivity index (χ1n) is 9.17. The van der Waals surface area contributed by atoms with Gasteiger partial charge in [0.05, 0.1) is 5.56 Å². The molecule has 2 aliphatic rings. The Hall–Kier alpha value is -2.37. The summed E-state index contributed by atoms with van der Waals surface area (Å²) in [7, 11) is 0. The molecule has 2 aliphatic heterocycles. The van der Waals surface area contributed by atoms with Gasteiger partial charge in [0, 0.05) is 36.6 Å². The van der Waals surface area contributed by atoms with Gasteiger partial charge < -0.3 is 15.0 Å². The first-order valence-corrected chi connectivity index (χ1v) is 9.55. The molecule has 1 fully saturated rings. The van der Waals surface area contributed by atoms with E-state index in [9.17, 15) is 4.79 Å². The van der Waals surface area contributed by atoms with Gasteiger partial charge >= 0.3 is 0 Å². The molecule has 0 saturated carbocycles. The second kappa shape index (κ2) is 7.33. The Morgan fingerprint density at radius 3 is 2.93 bits per heavy atom. The van der Waals surface area contributed by atoms with Gasteiger partial charge in [-0.15, -0.1) is 0 Å². The second-order valence-corrected chi connectivity index (χ2v) is 7.49. The van der Waals surface area contributed by atoms with Crippen LogP contribution in [0.4, 0.5) is 5.69 Å². The number of ether oxygens (including phenoxy) is 1. The van der Waals surface area contributed by atoms with E-state index in [1.54, 1.807) is 13.0 Å². The summed E-state index contributed by atoms with van der Waals surface area (Å²) >= 11 is 6.19. The number of nitrogens with zero attached hydrogens (tertiary/aromatic N) is 2. The number of aliphatic imine (C=N–C) groups is 1. The van der Waals surface area contributed by atoms with Crippen LogP contribution < -0.4 is 10.1 Å². The van der Waals surface area contributed by atoms with Crippen LogP contribution >= 0.6 is 11.6 Å². The van der Waals surface area contributed by atoms with E-state index in [1.165, 1.54) is 0 Å². The Balaban J connectivity index is 1.76. The average Bonchev–Trinajstić information content (AvgIpc) is 2.84. The van der Waals surface area contributed by atoms with Gasteiger partial charge in [-0.25, -0.2) is 4.99 Å². The Bertz CT molecular complexity index is 912. The maximum Gasteiger partial charge on any atom is 0.153 e. The van der Waals surface area contributed by atoms with Crippen LogP contribution in [-0.4, -0.2) is 42.2 Å². The molecule has 1 N–H and O–H groups in total. The number of carbonyl (C=O) groups is 1. The molecular formula is C21H22ClN3O2. The molecule has 6 heteroatoms. The molecule has 2 atom stereocenters. The molecular weight excluding hydrogens is 362 g/mol. The van der Waals surface area contributed by atoms with Crippen LogP contribution in [0.1, 0.15) is 19.4 Å². The maximum absolute atomic E-state index is 11.9. The van der Waals surface area contributed by atoms with Crippen molar-refractivity contribution >= 4 is 28.9 Å². The van der Waals surface area contributed by atoms with Crippen LogP contribution in [0.5, 0.6) is 11.5 Å². The van der Waals surface area contributed by atoms with Crippen LogP contribution in [-0.2, 0) is 4.79 Å². The molecule has 0 spiro atoms. The zero-order valence-electron chi connectivity index (χ0n) is 15.4. The number of para-hydroxylation sites is 1. The molecule has 2 heterocycles. The van der Waals surface area contributed by atoms with E-state index in [0.29, 0.717) is 23.0 Å². The quantitative estimate of drug-likeness (QED) is 0.850. The van der Waals surface area contributed by atoms with Crippen molar-refractivity contribution in [2.75, 3.05) is 19.6 Å². The van der Waals surface area contributed by atoms with Gasteiger partial charge in [0.1, 0.15) is 23.1 Å². The third kappa shape index (κ3) is 3.57. The molecule has 27 heavy (non-hydrogen) atoms. The molecule has 0 unspecified atom stereocenters. The highest BCUT2D eigenvalue weighted by Crippen LogP contribution is 2.39. The predicted molar refractivity (Wildman–Crippen MR) is 107 cm³/mol. The number of rotatable bonds is 2. The highest BCUT2D eigenvalue weighted by Gasteiger charge is 2.30. The SMILES string of the molecule is CC(=O)[C@@H](C)[C@H]1CN(C2=Nc3cc(Cl)ccc3Oc3ccccc32)CCN1. The van der Waals surface area contributed by atoms with E-state index in [1.807, 2.05) is 43.3 Å². The molecule has 0 amide bonds. The van der Waals surface area contributed by atoms with Crippen molar-refractivity contribution in [1.29, 1.82) is 0 Å². The van der Waals surface area contributed by atoms with Crippen LogP contribution in [0, 0.1) is 5.92 Å². The fourth-order valence-corrected chi connectivity index (χ4v) is 3.69. The Labute approximate surface area is 164 Å². The normalized spacial score (nSPS) is 19.9. The number of piperazine rings is 1. The molecule has 4 rings (SSSR count). The Morgan fingerprint density at radius 2 is 2.11 bits per heavy atom. The van der Waals surface area contributed by atoms with Crippen molar-refractivity contribution in [3.8, 4) is 11.5 Å². The number of hydrogen-bond acceptors (Lipinski definition) is 5. The van der Waals surface area contributed by atoms with E-state index in [0.717, 1.165) is 30.2 Å². The lowest BCUT2D eigenvalue weighted by Crippen LogP contribution is -2.56. The highest BCUT2D eigenvalue weighted by atomic mass is 35.5.